The van der Waals surface area contributed by atoms with Crippen LogP contribution in [0.1, 0.15) is 46.0 Å². The Hall–Kier alpha value is -0.570. The van der Waals surface area contributed by atoms with Crippen LogP contribution in [0.2, 0.25) is 0 Å². The van der Waals surface area contributed by atoms with Crippen LogP contribution in [0, 0.1) is 5.92 Å². The van der Waals surface area contributed by atoms with Crippen molar-refractivity contribution in [3.05, 3.63) is 0 Å². The van der Waals surface area contributed by atoms with Gasteiger partial charge in [-0.3, -0.25) is 4.79 Å². The maximum absolute atomic E-state index is 12.1. The highest BCUT2D eigenvalue weighted by atomic mass is 16.2. The highest BCUT2D eigenvalue weighted by Gasteiger charge is 2.35. The quantitative estimate of drug-likeness (QED) is 0.715. The minimum absolute atomic E-state index is 0.363. The molecule has 2 rings (SSSR count). The number of nitrogens with zero attached hydrogens (tertiary/aromatic N) is 1. The first-order valence-corrected chi connectivity index (χ1v) is 6.69. The van der Waals surface area contributed by atoms with E-state index in [2.05, 4.69) is 24.1 Å². The highest BCUT2D eigenvalue weighted by Crippen LogP contribution is 2.35. The summed E-state index contributed by atoms with van der Waals surface area (Å²) in [5, 5.41) is 3.31. The van der Waals surface area contributed by atoms with Crippen molar-refractivity contribution in [2.45, 2.75) is 58.0 Å². The molecule has 2 aliphatic carbocycles. The van der Waals surface area contributed by atoms with E-state index in [-0.39, 0.29) is 0 Å². The van der Waals surface area contributed by atoms with Gasteiger partial charge in [0.05, 0.1) is 0 Å². The zero-order valence-corrected chi connectivity index (χ0v) is 10.5. The van der Waals surface area contributed by atoms with Gasteiger partial charge in [0.2, 0.25) is 5.91 Å². The lowest BCUT2D eigenvalue weighted by Crippen LogP contribution is -2.37. The summed E-state index contributed by atoms with van der Waals surface area (Å²) < 4.78 is 0. The van der Waals surface area contributed by atoms with E-state index in [4.69, 9.17) is 0 Å². The van der Waals surface area contributed by atoms with Crippen molar-refractivity contribution >= 4 is 5.91 Å². The predicted molar refractivity (Wildman–Crippen MR) is 65.2 cm³/mol. The van der Waals surface area contributed by atoms with Crippen LogP contribution in [0.25, 0.3) is 0 Å². The Balaban J connectivity index is 1.70. The molecule has 2 fully saturated rings. The van der Waals surface area contributed by atoms with E-state index in [0.29, 0.717) is 24.4 Å². The third-order valence-electron chi connectivity index (χ3n) is 3.35. The number of hydrogen-bond acceptors (Lipinski definition) is 2. The van der Waals surface area contributed by atoms with Gasteiger partial charge in [0, 0.05) is 31.6 Å². The zero-order chi connectivity index (χ0) is 11.5. The molecular formula is C13H24N2O. The monoisotopic (exact) mass is 224 g/mol. The second kappa shape index (κ2) is 5.17. The molecule has 1 amide bonds. The van der Waals surface area contributed by atoms with Gasteiger partial charge in [-0.25, -0.2) is 0 Å². The minimum atomic E-state index is 0.363. The molecule has 0 aromatic carbocycles. The largest absolute Gasteiger partial charge is 0.339 e. The average molecular weight is 224 g/mol. The third kappa shape index (κ3) is 3.78. The standard InChI is InChI=1S/C13H24N2O/c1-10(2)14-8-7-13(16)15(12-5-6-12)9-11-3-4-11/h10-12,14H,3-9H2,1-2H3. The Kier molecular flexibility index (Phi) is 3.85. The summed E-state index contributed by atoms with van der Waals surface area (Å²) in [4.78, 5) is 14.2. The van der Waals surface area contributed by atoms with Gasteiger partial charge >= 0.3 is 0 Å². The van der Waals surface area contributed by atoms with E-state index in [9.17, 15) is 4.79 Å². The normalized spacial score (nSPS) is 20.2. The Morgan fingerprint density at radius 1 is 1.31 bits per heavy atom. The fraction of sp³-hybridized carbons (Fsp3) is 0.923. The summed E-state index contributed by atoms with van der Waals surface area (Å²) in [6, 6.07) is 1.07. The molecule has 0 bridgehead atoms. The molecule has 3 heteroatoms. The molecule has 0 saturated heterocycles. The first kappa shape index (κ1) is 11.9. The van der Waals surface area contributed by atoms with Gasteiger partial charge in [0.1, 0.15) is 0 Å². The van der Waals surface area contributed by atoms with Crippen LogP contribution < -0.4 is 5.32 Å². The molecule has 92 valence electrons. The molecule has 0 unspecified atom stereocenters. The van der Waals surface area contributed by atoms with E-state index in [1.807, 2.05) is 0 Å². The minimum Gasteiger partial charge on any atom is -0.339 e. The van der Waals surface area contributed by atoms with Crippen LogP contribution in [0.3, 0.4) is 0 Å². The second-order valence-electron chi connectivity index (χ2n) is 5.58. The SMILES string of the molecule is CC(C)NCCC(=O)N(CC1CC1)C1CC1. The summed E-state index contributed by atoms with van der Waals surface area (Å²) in [7, 11) is 0. The molecule has 2 aliphatic rings. The van der Waals surface area contributed by atoms with Gasteiger partial charge in [0.15, 0.2) is 0 Å². The van der Waals surface area contributed by atoms with Crippen molar-refractivity contribution in [3.8, 4) is 0 Å². The second-order valence-corrected chi connectivity index (χ2v) is 5.58. The molecule has 0 radical (unpaired) electrons. The van der Waals surface area contributed by atoms with Gasteiger partial charge in [0.25, 0.3) is 0 Å². The predicted octanol–water partition coefficient (Wildman–Crippen LogP) is 1.78. The fourth-order valence-electron chi connectivity index (χ4n) is 2.03. The van der Waals surface area contributed by atoms with Crippen molar-refractivity contribution in [2.24, 2.45) is 5.92 Å². The first-order valence-electron chi connectivity index (χ1n) is 6.69. The fourth-order valence-corrected chi connectivity index (χ4v) is 2.03. The Bertz CT molecular complexity index is 244. The molecule has 1 N–H and O–H groups in total. The van der Waals surface area contributed by atoms with Crippen molar-refractivity contribution in [1.82, 2.24) is 10.2 Å². The lowest BCUT2D eigenvalue weighted by Gasteiger charge is -2.22. The van der Waals surface area contributed by atoms with Gasteiger partial charge in [-0.1, -0.05) is 13.8 Å². The molecule has 0 heterocycles. The van der Waals surface area contributed by atoms with Gasteiger partial charge in [-0.05, 0) is 31.6 Å². The number of amides is 1. The summed E-state index contributed by atoms with van der Waals surface area (Å²) in [5.74, 6) is 1.19. The van der Waals surface area contributed by atoms with Crippen molar-refractivity contribution in [1.29, 1.82) is 0 Å². The van der Waals surface area contributed by atoms with E-state index >= 15 is 0 Å². The summed E-state index contributed by atoms with van der Waals surface area (Å²) in [5.41, 5.74) is 0. The number of carbonyl (C=O) groups is 1. The van der Waals surface area contributed by atoms with Crippen LogP contribution in [0.5, 0.6) is 0 Å². The molecule has 2 saturated carbocycles. The molecule has 0 atom stereocenters. The molecule has 16 heavy (non-hydrogen) atoms. The van der Waals surface area contributed by atoms with Gasteiger partial charge < -0.3 is 10.2 Å². The molecule has 0 aliphatic heterocycles. The van der Waals surface area contributed by atoms with Crippen molar-refractivity contribution < 1.29 is 4.79 Å². The van der Waals surface area contributed by atoms with E-state index < -0.39 is 0 Å². The number of carbonyl (C=O) groups excluding carboxylic acids is 1. The lowest BCUT2D eigenvalue weighted by atomic mass is 10.3. The highest BCUT2D eigenvalue weighted by molar-refractivity contribution is 5.77. The molecule has 0 aromatic heterocycles. The third-order valence-corrected chi connectivity index (χ3v) is 3.35. The summed E-state index contributed by atoms with van der Waals surface area (Å²) >= 11 is 0. The van der Waals surface area contributed by atoms with Crippen LogP contribution in [0.15, 0.2) is 0 Å². The van der Waals surface area contributed by atoms with Crippen molar-refractivity contribution in [2.75, 3.05) is 13.1 Å². The molecular weight excluding hydrogens is 200 g/mol. The van der Waals surface area contributed by atoms with Crippen LogP contribution in [-0.2, 0) is 4.79 Å². The van der Waals surface area contributed by atoms with E-state index in [0.717, 1.165) is 19.0 Å². The number of nitrogens with one attached hydrogen (secondary N) is 1. The van der Waals surface area contributed by atoms with Gasteiger partial charge in [-0.15, -0.1) is 0 Å². The maximum atomic E-state index is 12.1. The maximum Gasteiger partial charge on any atom is 0.224 e. The topological polar surface area (TPSA) is 32.3 Å². The Labute approximate surface area is 98.6 Å². The molecule has 0 spiro atoms. The molecule has 0 aromatic rings. The number of rotatable bonds is 7. The van der Waals surface area contributed by atoms with Crippen molar-refractivity contribution in [3.63, 3.8) is 0 Å². The van der Waals surface area contributed by atoms with Crippen LogP contribution in [-0.4, -0.2) is 36.0 Å². The first-order chi connectivity index (χ1) is 7.66. The Morgan fingerprint density at radius 2 is 2.00 bits per heavy atom. The van der Waals surface area contributed by atoms with Crippen LogP contribution in [0.4, 0.5) is 0 Å². The average Bonchev–Trinajstić information content (AvgIpc) is 3.06. The Morgan fingerprint density at radius 3 is 2.50 bits per heavy atom. The summed E-state index contributed by atoms with van der Waals surface area (Å²) in [6.07, 6.45) is 5.80. The smallest absolute Gasteiger partial charge is 0.224 e. The van der Waals surface area contributed by atoms with E-state index in [1.165, 1.54) is 25.7 Å². The zero-order valence-electron chi connectivity index (χ0n) is 10.5. The number of hydrogen-bond donors (Lipinski definition) is 1. The van der Waals surface area contributed by atoms with Gasteiger partial charge in [-0.2, -0.15) is 0 Å². The van der Waals surface area contributed by atoms with E-state index in [1.54, 1.807) is 0 Å². The lowest BCUT2D eigenvalue weighted by molar-refractivity contribution is -0.131. The van der Waals surface area contributed by atoms with Crippen LogP contribution >= 0.6 is 0 Å². The molecule has 3 nitrogen and oxygen atoms in total. The summed E-state index contributed by atoms with van der Waals surface area (Å²) in [6.45, 7) is 6.09.